The summed E-state index contributed by atoms with van der Waals surface area (Å²) in [6.07, 6.45) is 0. The van der Waals surface area contributed by atoms with E-state index in [9.17, 15) is 0 Å². The average molecular weight is 930 g/mol. The van der Waals surface area contributed by atoms with Gasteiger partial charge in [0, 0.05) is 33.3 Å². The van der Waals surface area contributed by atoms with Gasteiger partial charge in [-0.15, -0.1) is 0 Å². The first kappa shape index (κ1) is 42.4. The molecule has 1 aliphatic rings. The SMILES string of the molecule is c1ccc(C2(c3ccccc3)c3ccccc3-c3c(-c4ccccc4N(c4ccc(-c5ccc(-c6cccc7ccccc67)cc5)cc4)c4cccc(-c5cccc6c5oc5ccccc56)c4)cccc32)cc1. The summed E-state index contributed by atoms with van der Waals surface area (Å²) in [4.78, 5) is 2.44. The fourth-order valence-electron chi connectivity index (χ4n) is 12.0. The van der Waals surface area contributed by atoms with Crippen molar-refractivity contribution in [2.75, 3.05) is 4.90 Å². The lowest BCUT2D eigenvalue weighted by Gasteiger charge is -2.34. The highest BCUT2D eigenvalue weighted by Gasteiger charge is 2.47. The highest BCUT2D eigenvalue weighted by Crippen LogP contribution is 2.59. The monoisotopic (exact) mass is 929 g/mol. The maximum atomic E-state index is 6.63. The largest absolute Gasteiger partial charge is 0.455 e. The minimum Gasteiger partial charge on any atom is -0.455 e. The van der Waals surface area contributed by atoms with Crippen molar-refractivity contribution in [1.29, 1.82) is 0 Å². The normalized spacial score (nSPS) is 12.5. The molecule has 0 N–H and O–H groups in total. The van der Waals surface area contributed by atoms with Crippen LogP contribution in [0.15, 0.2) is 290 Å². The van der Waals surface area contributed by atoms with Gasteiger partial charge in [0.2, 0.25) is 0 Å². The number of fused-ring (bicyclic) bond motifs is 7. The fourth-order valence-corrected chi connectivity index (χ4v) is 12.0. The van der Waals surface area contributed by atoms with Crippen LogP contribution in [0.1, 0.15) is 22.3 Å². The van der Waals surface area contributed by atoms with Gasteiger partial charge in [0.05, 0.1) is 11.1 Å². The zero-order chi connectivity index (χ0) is 48.3. The zero-order valence-corrected chi connectivity index (χ0v) is 40.0. The Kier molecular flexibility index (Phi) is 10.1. The van der Waals surface area contributed by atoms with E-state index in [1.54, 1.807) is 0 Å². The molecule has 0 fully saturated rings. The predicted octanol–water partition coefficient (Wildman–Crippen LogP) is 19.2. The number of hydrogen-bond acceptors (Lipinski definition) is 2. The van der Waals surface area contributed by atoms with Crippen molar-refractivity contribution in [3.63, 3.8) is 0 Å². The molecule has 0 amide bonds. The first-order chi connectivity index (χ1) is 36.2. The molecule has 12 aromatic carbocycles. The van der Waals surface area contributed by atoms with Gasteiger partial charge in [-0.3, -0.25) is 0 Å². The van der Waals surface area contributed by atoms with Crippen molar-refractivity contribution in [2.45, 2.75) is 5.41 Å². The minimum atomic E-state index is -0.520. The molecule has 2 heteroatoms. The number of rotatable bonds is 9. The maximum Gasteiger partial charge on any atom is 0.143 e. The molecule has 2 nitrogen and oxygen atoms in total. The van der Waals surface area contributed by atoms with E-state index in [4.69, 9.17) is 4.42 Å². The molecular weight excluding hydrogens is 883 g/mol. The van der Waals surface area contributed by atoms with Gasteiger partial charge in [-0.1, -0.05) is 249 Å². The molecule has 1 aliphatic carbocycles. The van der Waals surface area contributed by atoms with Crippen molar-refractivity contribution in [1.82, 2.24) is 0 Å². The van der Waals surface area contributed by atoms with Gasteiger partial charge < -0.3 is 9.32 Å². The van der Waals surface area contributed by atoms with Crippen LogP contribution in [0.3, 0.4) is 0 Å². The molecule has 0 spiro atoms. The van der Waals surface area contributed by atoms with Crippen LogP contribution in [0.25, 0.3) is 88.3 Å². The van der Waals surface area contributed by atoms with Gasteiger partial charge in [-0.05, 0) is 114 Å². The van der Waals surface area contributed by atoms with E-state index in [2.05, 4.69) is 284 Å². The summed E-state index contributed by atoms with van der Waals surface area (Å²) >= 11 is 0. The molecule has 1 heterocycles. The number of benzene rings is 12. The van der Waals surface area contributed by atoms with E-state index in [-0.39, 0.29) is 0 Å². The molecule has 1 aromatic heterocycles. The van der Waals surface area contributed by atoms with Crippen LogP contribution in [-0.4, -0.2) is 0 Å². The number of nitrogens with zero attached hydrogens (tertiary/aromatic N) is 1. The summed E-state index contributed by atoms with van der Waals surface area (Å²) in [5.74, 6) is 0. The highest BCUT2D eigenvalue weighted by molar-refractivity contribution is 6.10. The van der Waals surface area contributed by atoms with E-state index >= 15 is 0 Å². The third kappa shape index (κ3) is 6.87. The molecule has 0 bridgehead atoms. The lowest BCUT2D eigenvalue weighted by molar-refractivity contribution is 0.670. The highest BCUT2D eigenvalue weighted by atomic mass is 16.3. The summed E-state index contributed by atoms with van der Waals surface area (Å²) in [5, 5.41) is 4.74. The molecule has 0 saturated carbocycles. The van der Waals surface area contributed by atoms with Crippen LogP contribution in [-0.2, 0) is 5.41 Å². The van der Waals surface area contributed by atoms with E-state index in [1.807, 2.05) is 6.07 Å². The van der Waals surface area contributed by atoms with Gasteiger partial charge in [0.15, 0.2) is 0 Å². The molecule has 342 valence electrons. The number of hydrogen-bond donors (Lipinski definition) is 0. The lowest BCUT2D eigenvalue weighted by atomic mass is 9.67. The summed E-state index contributed by atoms with van der Waals surface area (Å²) in [5.41, 5.74) is 21.2. The van der Waals surface area contributed by atoms with Crippen LogP contribution in [0.4, 0.5) is 17.1 Å². The second-order valence-electron chi connectivity index (χ2n) is 19.1. The number of anilines is 3. The Labute approximate surface area is 425 Å². The molecule has 0 saturated heterocycles. The Balaban J connectivity index is 0.942. The second-order valence-corrected chi connectivity index (χ2v) is 19.1. The topological polar surface area (TPSA) is 16.4 Å². The van der Waals surface area contributed by atoms with Gasteiger partial charge >= 0.3 is 0 Å². The van der Waals surface area contributed by atoms with Crippen molar-refractivity contribution in [3.8, 4) is 55.6 Å². The molecule has 0 atom stereocenters. The molecule has 14 rings (SSSR count). The zero-order valence-electron chi connectivity index (χ0n) is 40.0. The Morgan fingerprint density at radius 3 is 1.63 bits per heavy atom. The number of para-hydroxylation sites is 3. The van der Waals surface area contributed by atoms with Gasteiger partial charge in [0.25, 0.3) is 0 Å². The molecule has 0 aliphatic heterocycles. The van der Waals surface area contributed by atoms with E-state index in [0.29, 0.717) is 0 Å². The molecule has 13 aromatic rings. The standard InChI is InChI=1S/C71H47NO/c1-3-22-53(23-4-1)71(54-24-5-2-6-25-54)65-35-12-9-30-64(65)69-62(33-18-36-66(69)71)60-28-10-13-37-67(60)72(56-26-15-21-52(47-56)59-32-17-34-63-61-29-11-14-38-68(61)73-70(59)63)55-45-43-49(44-46-55)48-39-41-51(42-40-48)58-31-16-20-50-19-7-8-27-57(50)58/h1-47H. The third-order valence-electron chi connectivity index (χ3n) is 15.2. The summed E-state index contributed by atoms with van der Waals surface area (Å²) in [6.45, 7) is 0. The Bertz CT molecular complexity index is 4140. The van der Waals surface area contributed by atoms with Gasteiger partial charge in [-0.2, -0.15) is 0 Å². The smallest absolute Gasteiger partial charge is 0.143 e. The molecule has 0 radical (unpaired) electrons. The fraction of sp³-hybridized carbons (Fsp3) is 0.0141. The van der Waals surface area contributed by atoms with E-state index < -0.39 is 5.41 Å². The van der Waals surface area contributed by atoms with Crippen LogP contribution >= 0.6 is 0 Å². The van der Waals surface area contributed by atoms with Crippen LogP contribution in [0.5, 0.6) is 0 Å². The third-order valence-corrected chi connectivity index (χ3v) is 15.2. The lowest BCUT2D eigenvalue weighted by Crippen LogP contribution is -2.28. The van der Waals surface area contributed by atoms with Crippen molar-refractivity contribution in [3.05, 3.63) is 307 Å². The average Bonchev–Trinajstić information content (AvgIpc) is 4.06. The molecule has 73 heavy (non-hydrogen) atoms. The Hall–Kier alpha value is -9.50. The number of furan rings is 1. The van der Waals surface area contributed by atoms with Crippen molar-refractivity contribution < 1.29 is 4.42 Å². The Morgan fingerprint density at radius 2 is 0.836 bits per heavy atom. The molecular formula is C71H47NO. The van der Waals surface area contributed by atoms with Crippen LogP contribution < -0.4 is 4.90 Å². The van der Waals surface area contributed by atoms with Gasteiger partial charge in [-0.25, -0.2) is 0 Å². The van der Waals surface area contributed by atoms with Crippen molar-refractivity contribution in [2.24, 2.45) is 0 Å². The first-order valence-electron chi connectivity index (χ1n) is 25.2. The summed E-state index contributed by atoms with van der Waals surface area (Å²) in [6, 6.07) is 104. The van der Waals surface area contributed by atoms with E-state index in [1.165, 1.54) is 66.4 Å². The quantitative estimate of drug-likeness (QED) is 0.143. The van der Waals surface area contributed by atoms with Crippen molar-refractivity contribution >= 4 is 49.8 Å². The Morgan fingerprint density at radius 1 is 0.301 bits per heavy atom. The second kappa shape index (κ2) is 17.4. The van der Waals surface area contributed by atoms with Gasteiger partial charge in [0.1, 0.15) is 11.2 Å². The first-order valence-corrected chi connectivity index (χ1v) is 25.2. The minimum absolute atomic E-state index is 0.520. The van der Waals surface area contributed by atoms with Crippen LogP contribution in [0.2, 0.25) is 0 Å². The molecule has 0 unspecified atom stereocenters. The summed E-state index contributed by atoms with van der Waals surface area (Å²) in [7, 11) is 0. The van der Waals surface area contributed by atoms with Crippen LogP contribution in [0, 0.1) is 0 Å². The maximum absolute atomic E-state index is 6.63. The summed E-state index contributed by atoms with van der Waals surface area (Å²) < 4.78 is 6.63. The predicted molar refractivity (Wildman–Crippen MR) is 305 cm³/mol. The van der Waals surface area contributed by atoms with E-state index in [0.717, 1.165) is 61.3 Å².